The van der Waals surface area contributed by atoms with Crippen LogP contribution in [0.4, 0.5) is 0 Å². The van der Waals surface area contributed by atoms with Gasteiger partial charge in [0.1, 0.15) is 6.04 Å². The Balaban J connectivity index is 1.22. The van der Waals surface area contributed by atoms with Crippen LogP contribution in [0.5, 0.6) is 0 Å². The van der Waals surface area contributed by atoms with Gasteiger partial charge in [-0.2, -0.15) is 0 Å². The van der Waals surface area contributed by atoms with E-state index < -0.39 is 6.04 Å². The van der Waals surface area contributed by atoms with E-state index in [1.165, 1.54) is 0 Å². The molecule has 1 fully saturated rings. The first-order valence-electron chi connectivity index (χ1n) is 9.18. The number of carbonyl (C=O) groups is 2. The van der Waals surface area contributed by atoms with Gasteiger partial charge in [0.25, 0.3) is 5.91 Å². The number of rotatable bonds is 5. The summed E-state index contributed by atoms with van der Waals surface area (Å²) in [6.45, 7) is 0. The Morgan fingerprint density at radius 3 is 2.64 bits per heavy atom. The lowest BCUT2D eigenvalue weighted by Gasteiger charge is -2.11. The molecule has 0 spiro atoms. The van der Waals surface area contributed by atoms with Crippen molar-refractivity contribution in [1.82, 2.24) is 26.7 Å². The van der Waals surface area contributed by atoms with Gasteiger partial charge in [0.2, 0.25) is 5.91 Å². The third kappa shape index (κ3) is 4.36. The molecule has 2 aromatic carbocycles. The van der Waals surface area contributed by atoms with Gasteiger partial charge < -0.3 is 0 Å². The highest BCUT2D eigenvalue weighted by Gasteiger charge is 2.30. The summed E-state index contributed by atoms with van der Waals surface area (Å²) in [5.74, 6) is -0.502. The van der Waals surface area contributed by atoms with E-state index in [0.29, 0.717) is 12.8 Å². The topological polar surface area (TPSA) is 95.2 Å². The normalized spacial score (nSPS) is 18.9. The lowest BCUT2D eigenvalue weighted by Crippen LogP contribution is -2.50. The van der Waals surface area contributed by atoms with Crippen molar-refractivity contribution >= 4 is 33.4 Å². The van der Waals surface area contributed by atoms with Gasteiger partial charge in [-0.15, -0.1) is 11.3 Å². The number of thiazole rings is 1. The van der Waals surface area contributed by atoms with Crippen molar-refractivity contribution in [1.29, 1.82) is 0 Å². The van der Waals surface area contributed by atoms with Gasteiger partial charge in [0, 0.05) is 18.9 Å². The van der Waals surface area contributed by atoms with Gasteiger partial charge in [-0.1, -0.05) is 42.5 Å². The summed E-state index contributed by atoms with van der Waals surface area (Å²) in [7, 11) is 0. The second-order valence-electron chi connectivity index (χ2n) is 6.65. The Labute approximate surface area is 166 Å². The van der Waals surface area contributed by atoms with Crippen LogP contribution in [-0.2, 0) is 16.0 Å². The molecule has 2 amide bonds. The molecule has 0 aliphatic carbocycles. The number of aryl methyl sites for hydroxylation is 1. The number of nitrogens with one attached hydrogen (secondary N) is 4. The highest BCUT2D eigenvalue weighted by atomic mass is 32.1. The Kier molecular flexibility index (Phi) is 5.61. The molecule has 0 saturated carbocycles. The zero-order valence-corrected chi connectivity index (χ0v) is 16.0. The van der Waals surface area contributed by atoms with Crippen molar-refractivity contribution in [2.75, 3.05) is 0 Å². The Morgan fingerprint density at radius 2 is 1.82 bits per heavy atom. The molecular formula is C20H21N5O2S. The smallest absolute Gasteiger partial charge is 0.256 e. The van der Waals surface area contributed by atoms with Gasteiger partial charge in [0.05, 0.1) is 15.2 Å². The highest BCUT2D eigenvalue weighted by Crippen LogP contribution is 2.23. The molecule has 4 N–H and O–H groups in total. The van der Waals surface area contributed by atoms with Crippen molar-refractivity contribution in [3.63, 3.8) is 0 Å². The number of para-hydroxylation sites is 1. The second kappa shape index (κ2) is 8.47. The molecule has 7 nitrogen and oxygen atoms in total. The predicted octanol–water partition coefficient (Wildman–Crippen LogP) is 1.98. The predicted molar refractivity (Wildman–Crippen MR) is 108 cm³/mol. The van der Waals surface area contributed by atoms with E-state index in [9.17, 15) is 9.59 Å². The molecule has 4 rings (SSSR count). The molecule has 144 valence electrons. The maximum atomic E-state index is 12.3. The minimum absolute atomic E-state index is 0.0617. The average molecular weight is 395 g/mol. The summed E-state index contributed by atoms with van der Waals surface area (Å²) in [5, 5.41) is 0.912. The van der Waals surface area contributed by atoms with Crippen LogP contribution in [0.3, 0.4) is 0 Å². The molecule has 28 heavy (non-hydrogen) atoms. The molecule has 0 bridgehead atoms. The molecular weight excluding hydrogens is 374 g/mol. The molecule has 0 radical (unpaired) electrons. The molecule has 3 aromatic rings. The summed E-state index contributed by atoms with van der Waals surface area (Å²) >= 11 is 1.59. The molecule has 1 saturated heterocycles. The maximum Gasteiger partial charge on any atom is 0.256 e. The molecule has 2 heterocycles. The number of carbonyl (C=O) groups excluding carboxylic acids is 2. The SMILES string of the molecule is O=C(CCc1nc2ccccc2s1)NNC(=O)C1CC(c2ccccc2)NN1. The van der Waals surface area contributed by atoms with E-state index in [2.05, 4.69) is 26.7 Å². The Hall–Kier alpha value is -2.81. The molecule has 2 atom stereocenters. The fourth-order valence-electron chi connectivity index (χ4n) is 3.16. The first kappa shape index (κ1) is 18.5. The van der Waals surface area contributed by atoms with Gasteiger partial charge in [-0.3, -0.25) is 20.4 Å². The molecule has 1 aliphatic rings. The molecule has 8 heteroatoms. The summed E-state index contributed by atoms with van der Waals surface area (Å²) < 4.78 is 1.11. The summed E-state index contributed by atoms with van der Waals surface area (Å²) in [6.07, 6.45) is 1.42. The van der Waals surface area contributed by atoms with Crippen LogP contribution in [0.2, 0.25) is 0 Å². The number of amides is 2. The van der Waals surface area contributed by atoms with Crippen molar-refractivity contribution in [3.8, 4) is 0 Å². The largest absolute Gasteiger partial charge is 0.273 e. The number of nitrogens with zero attached hydrogens (tertiary/aromatic N) is 1. The third-order valence-electron chi connectivity index (χ3n) is 4.65. The van der Waals surface area contributed by atoms with Crippen LogP contribution >= 0.6 is 11.3 Å². The van der Waals surface area contributed by atoms with E-state index in [4.69, 9.17) is 0 Å². The fraction of sp³-hybridized carbons (Fsp3) is 0.250. The fourth-order valence-corrected chi connectivity index (χ4v) is 4.13. The molecule has 1 aromatic heterocycles. The summed E-state index contributed by atoms with van der Waals surface area (Å²) in [5.41, 5.74) is 13.2. The molecule has 1 aliphatic heterocycles. The lowest BCUT2D eigenvalue weighted by atomic mass is 10.0. The Morgan fingerprint density at radius 1 is 1.04 bits per heavy atom. The average Bonchev–Trinajstić information content (AvgIpc) is 3.38. The van der Waals surface area contributed by atoms with Crippen LogP contribution in [0.25, 0.3) is 10.2 Å². The number of aromatic nitrogens is 1. The van der Waals surface area contributed by atoms with Crippen LogP contribution in [0, 0.1) is 0 Å². The Bertz CT molecular complexity index is 942. The maximum absolute atomic E-state index is 12.3. The minimum atomic E-state index is -0.408. The van der Waals surface area contributed by atoms with Crippen molar-refractivity contribution in [3.05, 3.63) is 65.2 Å². The number of hydrogen-bond donors (Lipinski definition) is 4. The van der Waals surface area contributed by atoms with Gasteiger partial charge in [0.15, 0.2) is 0 Å². The van der Waals surface area contributed by atoms with Crippen molar-refractivity contribution in [2.24, 2.45) is 0 Å². The van der Waals surface area contributed by atoms with Crippen molar-refractivity contribution in [2.45, 2.75) is 31.3 Å². The van der Waals surface area contributed by atoms with Gasteiger partial charge >= 0.3 is 0 Å². The first-order chi connectivity index (χ1) is 13.7. The number of fused-ring (bicyclic) bond motifs is 1. The van der Waals surface area contributed by atoms with Gasteiger partial charge in [-0.25, -0.2) is 15.8 Å². The van der Waals surface area contributed by atoms with Crippen LogP contribution in [0.1, 0.15) is 29.5 Å². The third-order valence-corrected chi connectivity index (χ3v) is 5.75. The number of hydrazine groups is 2. The monoisotopic (exact) mass is 395 g/mol. The van der Waals surface area contributed by atoms with E-state index >= 15 is 0 Å². The summed E-state index contributed by atoms with van der Waals surface area (Å²) in [6, 6.07) is 17.5. The summed E-state index contributed by atoms with van der Waals surface area (Å²) in [4.78, 5) is 28.8. The van der Waals surface area contributed by atoms with E-state index in [-0.39, 0.29) is 24.3 Å². The van der Waals surface area contributed by atoms with E-state index in [0.717, 1.165) is 20.8 Å². The van der Waals surface area contributed by atoms with Crippen LogP contribution in [-0.4, -0.2) is 22.8 Å². The lowest BCUT2D eigenvalue weighted by molar-refractivity contribution is -0.129. The minimum Gasteiger partial charge on any atom is -0.273 e. The van der Waals surface area contributed by atoms with Gasteiger partial charge in [-0.05, 0) is 24.1 Å². The molecule has 2 unspecified atom stereocenters. The quantitative estimate of drug-likeness (QED) is 0.496. The van der Waals surface area contributed by atoms with E-state index in [1.807, 2.05) is 54.6 Å². The number of hydrogen-bond acceptors (Lipinski definition) is 6. The standard InChI is InChI=1S/C20H21N5O2S/c26-18(10-11-19-21-14-8-4-5-9-17(14)28-19)24-25-20(27)16-12-15(22-23-16)13-6-2-1-3-7-13/h1-9,15-16,22-23H,10-12H2,(H,24,26)(H,25,27). The highest BCUT2D eigenvalue weighted by molar-refractivity contribution is 7.18. The second-order valence-corrected chi connectivity index (χ2v) is 7.77. The van der Waals surface area contributed by atoms with E-state index in [1.54, 1.807) is 11.3 Å². The van der Waals surface area contributed by atoms with Crippen LogP contribution < -0.4 is 21.7 Å². The number of benzene rings is 2. The zero-order chi connectivity index (χ0) is 19.3. The zero-order valence-electron chi connectivity index (χ0n) is 15.1. The van der Waals surface area contributed by atoms with Crippen LogP contribution in [0.15, 0.2) is 54.6 Å². The van der Waals surface area contributed by atoms with Crippen molar-refractivity contribution < 1.29 is 9.59 Å². The first-order valence-corrected chi connectivity index (χ1v) is 10.00.